The molecule has 0 saturated carbocycles. The third-order valence-electron chi connectivity index (χ3n) is 7.27. The predicted octanol–water partition coefficient (Wildman–Crippen LogP) is 6.29. The number of aromatic nitrogens is 1. The number of fused-ring (bicyclic) bond motifs is 4. The molecule has 1 aromatic heterocycles. The van der Waals surface area contributed by atoms with Gasteiger partial charge in [0.2, 0.25) is 0 Å². The van der Waals surface area contributed by atoms with Crippen molar-refractivity contribution in [1.82, 2.24) is 4.98 Å². The summed E-state index contributed by atoms with van der Waals surface area (Å²) >= 11 is 0. The van der Waals surface area contributed by atoms with Gasteiger partial charge in [0.15, 0.2) is 5.78 Å². The Hall–Kier alpha value is -3.20. The van der Waals surface area contributed by atoms with Crippen molar-refractivity contribution in [3.05, 3.63) is 89.6 Å². The van der Waals surface area contributed by atoms with Gasteiger partial charge in [0.1, 0.15) is 0 Å². The van der Waals surface area contributed by atoms with Crippen molar-refractivity contribution in [2.75, 3.05) is 5.32 Å². The van der Waals surface area contributed by atoms with Crippen LogP contribution in [0.4, 0.5) is 5.69 Å². The smallest absolute Gasteiger partial charge is 0.161 e. The van der Waals surface area contributed by atoms with E-state index in [9.17, 15) is 4.79 Å². The Balaban J connectivity index is 1.54. The number of pyridine rings is 1. The van der Waals surface area contributed by atoms with Gasteiger partial charge in [0.05, 0.1) is 11.6 Å². The molecule has 2 aromatic carbocycles. The van der Waals surface area contributed by atoms with Crippen molar-refractivity contribution in [3.63, 3.8) is 0 Å². The van der Waals surface area contributed by atoms with Gasteiger partial charge in [-0.05, 0) is 66.9 Å². The second kappa shape index (κ2) is 7.49. The Kier molecular flexibility index (Phi) is 4.48. The van der Waals surface area contributed by atoms with Crippen LogP contribution in [0.5, 0.6) is 0 Å². The lowest BCUT2D eigenvalue weighted by atomic mass is 9.69. The van der Waals surface area contributed by atoms with Crippen LogP contribution in [0, 0.1) is 5.92 Å². The molecule has 3 aliphatic rings. The molecule has 0 bridgehead atoms. The first-order valence-corrected chi connectivity index (χ1v) is 11.4. The lowest BCUT2D eigenvalue weighted by molar-refractivity contribution is -0.116. The Morgan fingerprint density at radius 1 is 0.935 bits per heavy atom. The highest BCUT2D eigenvalue weighted by Crippen LogP contribution is 2.49. The van der Waals surface area contributed by atoms with Gasteiger partial charge >= 0.3 is 0 Å². The summed E-state index contributed by atoms with van der Waals surface area (Å²) in [6.45, 7) is 0. The molecule has 0 saturated heterocycles. The molecule has 0 unspecified atom stereocenters. The van der Waals surface area contributed by atoms with E-state index in [0.717, 1.165) is 47.8 Å². The maximum Gasteiger partial charge on any atom is 0.161 e. The van der Waals surface area contributed by atoms with Gasteiger partial charge in [-0.3, -0.25) is 9.78 Å². The number of anilines is 1. The van der Waals surface area contributed by atoms with E-state index in [0.29, 0.717) is 18.1 Å². The fourth-order valence-electron chi connectivity index (χ4n) is 5.80. The summed E-state index contributed by atoms with van der Waals surface area (Å²) in [6.07, 6.45) is 11.2. The normalized spacial score (nSPS) is 25.2. The highest BCUT2D eigenvalue weighted by Gasteiger charge is 2.40. The van der Waals surface area contributed by atoms with E-state index in [1.165, 1.54) is 16.7 Å². The second-order valence-electron chi connectivity index (χ2n) is 9.06. The zero-order chi connectivity index (χ0) is 20.8. The van der Waals surface area contributed by atoms with Gasteiger partial charge in [-0.15, -0.1) is 0 Å². The molecule has 3 aromatic rings. The number of rotatable bonds is 2. The maximum absolute atomic E-state index is 13.7. The molecule has 0 radical (unpaired) electrons. The van der Waals surface area contributed by atoms with Crippen LogP contribution in [0.2, 0.25) is 0 Å². The molecule has 3 heteroatoms. The SMILES string of the molecule is O=C1C[C@H](c2ccccc2)CC2=C1[C@@H]([C@@H]1CC=CCC1)Nc1ccc3ncccc3c12. The fourth-order valence-corrected chi connectivity index (χ4v) is 5.80. The van der Waals surface area contributed by atoms with E-state index >= 15 is 0 Å². The largest absolute Gasteiger partial charge is 0.377 e. The van der Waals surface area contributed by atoms with Crippen LogP contribution in [-0.2, 0) is 4.79 Å². The second-order valence-corrected chi connectivity index (χ2v) is 9.06. The van der Waals surface area contributed by atoms with E-state index in [4.69, 9.17) is 0 Å². The van der Waals surface area contributed by atoms with Crippen molar-refractivity contribution < 1.29 is 4.79 Å². The van der Waals surface area contributed by atoms with E-state index in [-0.39, 0.29) is 12.0 Å². The molecule has 0 fully saturated rings. The monoisotopic (exact) mass is 406 g/mol. The van der Waals surface area contributed by atoms with Gasteiger partial charge in [0, 0.05) is 34.8 Å². The standard InChI is InChI=1S/C28H26N2O/c31-25-17-20(18-8-3-1-4-9-18)16-22-26-21-12-7-15-29-23(21)13-14-24(26)30-28(27(22)25)19-10-5-2-6-11-19/h1-5,7-9,12-15,19-20,28,30H,6,10-11,16-17H2/t19-,20-,28-/m1/s1. The quantitative estimate of drug-likeness (QED) is 0.509. The summed E-state index contributed by atoms with van der Waals surface area (Å²) < 4.78 is 0. The molecule has 31 heavy (non-hydrogen) atoms. The molecule has 1 aliphatic heterocycles. The van der Waals surface area contributed by atoms with Crippen LogP contribution < -0.4 is 5.32 Å². The minimum atomic E-state index is 0.103. The highest BCUT2D eigenvalue weighted by molar-refractivity contribution is 6.12. The minimum Gasteiger partial charge on any atom is -0.377 e. The molecule has 1 N–H and O–H groups in total. The van der Waals surface area contributed by atoms with E-state index in [1.54, 1.807) is 0 Å². The van der Waals surface area contributed by atoms with E-state index in [2.05, 4.69) is 64.9 Å². The summed E-state index contributed by atoms with van der Waals surface area (Å²) in [5, 5.41) is 4.94. The van der Waals surface area contributed by atoms with Gasteiger partial charge in [-0.2, -0.15) is 0 Å². The van der Waals surface area contributed by atoms with Crippen molar-refractivity contribution >= 4 is 27.9 Å². The number of Topliss-reactive ketones (excluding diaryl/α,β-unsaturated/α-hetero) is 1. The van der Waals surface area contributed by atoms with Crippen LogP contribution in [0.25, 0.3) is 16.5 Å². The molecular weight excluding hydrogens is 380 g/mol. The van der Waals surface area contributed by atoms with Crippen molar-refractivity contribution in [2.24, 2.45) is 5.92 Å². The summed E-state index contributed by atoms with van der Waals surface area (Å²) in [7, 11) is 0. The van der Waals surface area contributed by atoms with E-state index < -0.39 is 0 Å². The van der Waals surface area contributed by atoms with E-state index in [1.807, 2.05) is 18.3 Å². The first-order chi connectivity index (χ1) is 15.3. The van der Waals surface area contributed by atoms with Crippen LogP contribution in [0.1, 0.15) is 49.1 Å². The fraction of sp³-hybridized carbons (Fsp3) is 0.286. The number of hydrogen-bond donors (Lipinski definition) is 1. The first kappa shape index (κ1) is 18.6. The number of ketones is 1. The highest BCUT2D eigenvalue weighted by atomic mass is 16.1. The predicted molar refractivity (Wildman–Crippen MR) is 126 cm³/mol. The Morgan fingerprint density at radius 2 is 1.84 bits per heavy atom. The summed E-state index contributed by atoms with van der Waals surface area (Å²) in [5.74, 6) is 1.01. The molecular formula is C28H26N2O. The van der Waals surface area contributed by atoms with Crippen LogP contribution >= 0.6 is 0 Å². The number of carbonyl (C=O) groups is 1. The number of carbonyl (C=O) groups excluding carboxylic acids is 1. The molecule has 0 spiro atoms. The topological polar surface area (TPSA) is 42.0 Å². The third kappa shape index (κ3) is 3.11. The van der Waals surface area contributed by atoms with Crippen LogP contribution in [-0.4, -0.2) is 16.8 Å². The van der Waals surface area contributed by atoms with Gasteiger partial charge in [-0.1, -0.05) is 48.6 Å². The molecule has 6 rings (SSSR count). The molecule has 0 amide bonds. The van der Waals surface area contributed by atoms with Gasteiger partial charge in [-0.25, -0.2) is 0 Å². The zero-order valence-corrected chi connectivity index (χ0v) is 17.6. The molecule has 2 heterocycles. The summed E-state index contributed by atoms with van der Waals surface area (Å²) in [5.41, 5.74) is 6.88. The number of hydrogen-bond acceptors (Lipinski definition) is 3. The average Bonchev–Trinajstić information content (AvgIpc) is 2.84. The number of benzene rings is 2. The lowest BCUT2D eigenvalue weighted by Crippen LogP contribution is -2.40. The summed E-state index contributed by atoms with van der Waals surface area (Å²) in [6, 6.07) is 19.1. The summed E-state index contributed by atoms with van der Waals surface area (Å²) in [4.78, 5) is 18.3. The van der Waals surface area contributed by atoms with Crippen molar-refractivity contribution in [2.45, 2.75) is 44.1 Å². The average molecular weight is 407 g/mol. The molecule has 154 valence electrons. The van der Waals surface area contributed by atoms with Gasteiger partial charge in [0.25, 0.3) is 0 Å². The number of allylic oxidation sites excluding steroid dienone is 3. The zero-order valence-electron chi connectivity index (χ0n) is 17.6. The van der Waals surface area contributed by atoms with Gasteiger partial charge < -0.3 is 5.32 Å². The van der Waals surface area contributed by atoms with Crippen molar-refractivity contribution in [3.8, 4) is 0 Å². The van der Waals surface area contributed by atoms with Crippen LogP contribution in [0.15, 0.2) is 78.5 Å². The number of nitrogens with zero attached hydrogens (tertiary/aromatic N) is 1. The lowest BCUT2D eigenvalue weighted by Gasteiger charge is -2.40. The maximum atomic E-state index is 13.7. The Labute approximate surface area is 182 Å². The first-order valence-electron chi connectivity index (χ1n) is 11.4. The molecule has 3 nitrogen and oxygen atoms in total. The number of nitrogens with one attached hydrogen (secondary N) is 1. The van der Waals surface area contributed by atoms with Crippen LogP contribution in [0.3, 0.4) is 0 Å². The molecule has 3 atom stereocenters. The minimum absolute atomic E-state index is 0.103. The Morgan fingerprint density at radius 3 is 2.68 bits per heavy atom. The third-order valence-corrected chi connectivity index (χ3v) is 7.27. The molecule has 2 aliphatic carbocycles. The Bertz CT molecular complexity index is 1220. The van der Waals surface area contributed by atoms with Crippen molar-refractivity contribution in [1.29, 1.82) is 0 Å².